The van der Waals surface area contributed by atoms with Crippen LogP contribution in [0.3, 0.4) is 0 Å². The Kier molecular flexibility index (Phi) is 6.37. The first-order chi connectivity index (χ1) is 17.8. The predicted molar refractivity (Wildman–Crippen MR) is 145 cm³/mol. The Morgan fingerprint density at radius 1 is 0.919 bits per heavy atom. The molecule has 2 aromatic heterocycles. The zero-order valence-corrected chi connectivity index (χ0v) is 21.0. The molecule has 0 saturated carbocycles. The lowest BCUT2D eigenvalue weighted by Crippen LogP contribution is -2.13. The Bertz CT molecular complexity index is 1750. The third kappa shape index (κ3) is 5.31. The lowest BCUT2D eigenvalue weighted by atomic mass is 10.1. The molecule has 5 rings (SSSR count). The second kappa shape index (κ2) is 9.79. The van der Waals surface area contributed by atoms with E-state index in [2.05, 4.69) is 20.6 Å². The number of anilines is 3. The highest BCUT2D eigenvalue weighted by Gasteiger charge is 2.13. The number of aromatic nitrogens is 3. The van der Waals surface area contributed by atoms with Crippen molar-refractivity contribution >= 4 is 43.8 Å². The third-order valence-corrected chi connectivity index (χ3v) is 6.98. The summed E-state index contributed by atoms with van der Waals surface area (Å²) in [6.45, 7) is 1.93. The van der Waals surface area contributed by atoms with Crippen molar-refractivity contribution < 1.29 is 13.2 Å². The summed E-state index contributed by atoms with van der Waals surface area (Å²) in [5.74, 6) is -0.0140. The van der Waals surface area contributed by atoms with Gasteiger partial charge in [0.25, 0.3) is 5.91 Å². The fraction of sp³-hybridized carbons (Fsp3) is 0.0714. The molecule has 9 heteroatoms. The summed E-state index contributed by atoms with van der Waals surface area (Å²) in [6.07, 6.45) is 6.40. The van der Waals surface area contributed by atoms with Gasteiger partial charge in [-0.3, -0.25) is 9.78 Å². The van der Waals surface area contributed by atoms with Gasteiger partial charge in [0.1, 0.15) is 0 Å². The minimum atomic E-state index is -3.42. The Morgan fingerprint density at radius 3 is 2.59 bits per heavy atom. The summed E-state index contributed by atoms with van der Waals surface area (Å²) in [5, 5.41) is 8.13. The van der Waals surface area contributed by atoms with Crippen LogP contribution >= 0.6 is 0 Å². The molecule has 0 unspecified atom stereocenters. The molecule has 2 N–H and O–H groups in total. The van der Waals surface area contributed by atoms with Crippen LogP contribution in [0.4, 0.5) is 17.3 Å². The molecule has 0 bridgehead atoms. The zero-order chi connectivity index (χ0) is 26.0. The van der Waals surface area contributed by atoms with E-state index < -0.39 is 15.7 Å². The molecule has 8 nitrogen and oxygen atoms in total. The van der Waals surface area contributed by atoms with Crippen molar-refractivity contribution in [2.24, 2.45) is 0 Å². The maximum absolute atomic E-state index is 12.8. The van der Waals surface area contributed by atoms with E-state index in [1.807, 2.05) is 49.5 Å². The van der Waals surface area contributed by atoms with E-state index in [4.69, 9.17) is 4.98 Å². The summed E-state index contributed by atoms with van der Waals surface area (Å²) in [7, 11) is -3.42. The highest BCUT2D eigenvalue weighted by Crippen LogP contribution is 2.28. The SMILES string of the molecule is Cc1ccc(NC(=O)c2cccc(S(C)(=O)=O)c2)cc1Nc1nccc(-c2cncc3ccccc23)n1. The van der Waals surface area contributed by atoms with Gasteiger partial charge >= 0.3 is 0 Å². The first kappa shape index (κ1) is 24.1. The molecule has 0 aliphatic carbocycles. The normalized spacial score (nSPS) is 11.3. The largest absolute Gasteiger partial charge is 0.324 e. The van der Waals surface area contributed by atoms with Crippen LogP contribution < -0.4 is 10.6 Å². The second-order valence-corrected chi connectivity index (χ2v) is 10.6. The molecule has 0 spiro atoms. The molecule has 0 atom stereocenters. The maximum Gasteiger partial charge on any atom is 0.255 e. The molecule has 3 aromatic carbocycles. The predicted octanol–water partition coefficient (Wildman–Crippen LogP) is 5.40. The molecule has 2 heterocycles. The third-order valence-electron chi connectivity index (χ3n) is 5.87. The molecule has 0 aliphatic rings. The van der Waals surface area contributed by atoms with Crippen molar-refractivity contribution in [3.05, 3.63) is 103 Å². The number of amides is 1. The number of nitrogens with zero attached hydrogens (tertiary/aromatic N) is 3. The summed E-state index contributed by atoms with van der Waals surface area (Å²) < 4.78 is 23.7. The maximum atomic E-state index is 12.8. The van der Waals surface area contributed by atoms with E-state index in [1.54, 1.807) is 36.7 Å². The summed E-state index contributed by atoms with van der Waals surface area (Å²) in [6, 6.07) is 21.2. The number of sulfone groups is 1. The minimum absolute atomic E-state index is 0.0878. The summed E-state index contributed by atoms with van der Waals surface area (Å²) in [5.41, 5.74) is 4.07. The summed E-state index contributed by atoms with van der Waals surface area (Å²) >= 11 is 0. The van der Waals surface area contributed by atoms with Crippen molar-refractivity contribution in [2.45, 2.75) is 11.8 Å². The number of carbonyl (C=O) groups excluding carboxylic acids is 1. The van der Waals surface area contributed by atoms with E-state index in [0.29, 0.717) is 11.6 Å². The number of hydrogen-bond donors (Lipinski definition) is 2. The van der Waals surface area contributed by atoms with Gasteiger partial charge in [0, 0.05) is 52.7 Å². The molecule has 0 aliphatic heterocycles. The topological polar surface area (TPSA) is 114 Å². The van der Waals surface area contributed by atoms with Gasteiger partial charge in [-0.2, -0.15) is 0 Å². The van der Waals surface area contributed by atoms with Crippen LogP contribution in [0.15, 0.2) is 96.3 Å². The molecule has 184 valence electrons. The number of benzene rings is 3. The van der Waals surface area contributed by atoms with Crippen LogP contribution in [0.2, 0.25) is 0 Å². The van der Waals surface area contributed by atoms with Crippen molar-refractivity contribution in [3.8, 4) is 11.3 Å². The average Bonchev–Trinajstić information content (AvgIpc) is 2.90. The van der Waals surface area contributed by atoms with Crippen LogP contribution in [-0.2, 0) is 9.84 Å². The van der Waals surface area contributed by atoms with Crippen LogP contribution in [0, 0.1) is 6.92 Å². The van der Waals surface area contributed by atoms with E-state index in [-0.39, 0.29) is 10.5 Å². The first-order valence-electron chi connectivity index (χ1n) is 11.4. The molecule has 5 aromatic rings. The molecular weight excluding hydrogens is 486 g/mol. The van der Waals surface area contributed by atoms with Gasteiger partial charge in [-0.05, 0) is 54.3 Å². The number of nitrogens with one attached hydrogen (secondary N) is 2. The minimum Gasteiger partial charge on any atom is -0.324 e. The van der Waals surface area contributed by atoms with Gasteiger partial charge in [-0.25, -0.2) is 18.4 Å². The zero-order valence-electron chi connectivity index (χ0n) is 20.1. The number of rotatable bonds is 6. The van der Waals surface area contributed by atoms with Gasteiger partial charge in [-0.15, -0.1) is 0 Å². The van der Waals surface area contributed by atoms with Crippen LogP contribution in [-0.4, -0.2) is 35.5 Å². The second-order valence-electron chi connectivity index (χ2n) is 8.58. The molecule has 37 heavy (non-hydrogen) atoms. The number of hydrogen-bond acceptors (Lipinski definition) is 7. The van der Waals surface area contributed by atoms with E-state index >= 15 is 0 Å². The average molecular weight is 510 g/mol. The number of fused-ring (bicyclic) bond motifs is 1. The quantitative estimate of drug-likeness (QED) is 0.315. The molecule has 0 radical (unpaired) electrons. The Morgan fingerprint density at radius 2 is 1.76 bits per heavy atom. The van der Waals surface area contributed by atoms with Crippen LogP contribution in [0.5, 0.6) is 0 Å². The van der Waals surface area contributed by atoms with E-state index in [9.17, 15) is 13.2 Å². The lowest BCUT2D eigenvalue weighted by molar-refractivity contribution is 0.102. The van der Waals surface area contributed by atoms with Crippen molar-refractivity contribution in [2.75, 3.05) is 16.9 Å². The smallest absolute Gasteiger partial charge is 0.255 e. The first-order valence-corrected chi connectivity index (χ1v) is 13.3. The molecular formula is C28H23N5O3S. The van der Waals surface area contributed by atoms with Crippen LogP contribution in [0.25, 0.3) is 22.0 Å². The van der Waals surface area contributed by atoms with Gasteiger partial charge in [0.15, 0.2) is 9.84 Å². The van der Waals surface area contributed by atoms with Crippen LogP contribution in [0.1, 0.15) is 15.9 Å². The standard InChI is InChI=1S/C28H23N5O3S/c1-18-10-11-21(31-27(34)19-7-5-8-22(14-19)37(2,35)36)15-26(18)33-28-30-13-12-25(32-28)24-17-29-16-20-6-3-4-9-23(20)24/h3-17H,1-2H3,(H,31,34)(H,30,32,33). The molecule has 0 fully saturated rings. The van der Waals surface area contributed by atoms with E-state index in [1.165, 1.54) is 12.1 Å². The highest BCUT2D eigenvalue weighted by atomic mass is 32.2. The lowest BCUT2D eigenvalue weighted by Gasteiger charge is -2.13. The molecule has 0 saturated heterocycles. The fourth-order valence-electron chi connectivity index (χ4n) is 3.92. The fourth-order valence-corrected chi connectivity index (χ4v) is 4.58. The van der Waals surface area contributed by atoms with E-state index in [0.717, 1.165) is 39.5 Å². The summed E-state index contributed by atoms with van der Waals surface area (Å²) in [4.78, 5) is 26.3. The Balaban J connectivity index is 1.40. The van der Waals surface area contributed by atoms with Crippen molar-refractivity contribution in [3.63, 3.8) is 0 Å². The number of carbonyl (C=O) groups is 1. The van der Waals surface area contributed by atoms with Crippen molar-refractivity contribution in [1.82, 2.24) is 15.0 Å². The van der Waals surface area contributed by atoms with Crippen molar-refractivity contribution in [1.29, 1.82) is 0 Å². The van der Waals surface area contributed by atoms with Gasteiger partial charge in [0.2, 0.25) is 5.95 Å². The number of aryl methyl sites for hydroxylation is 1. The Labute approximate surface area is 214 Å². The Hall–Kier alpha value is -4.63. The van der Waals surface area contributed by atoms with Gasteiger partial charge < -0.3 is 10.6 Å². The van der Waals surface area contributed by atoms with Gasteiger partial charge in [0.05, 0.1) is 10.6 Å². The van der Waals surface area contributed by atoms with Gasteiger partial charge in [-0.1, -0.05) is 36.4 Å². The highest BCUT2D eigenvalue weighted by molar-refractivity contribution is 7.90. The molecule has 1 amide bonds. The monoisotopic (exact) mass is 509 g/mol. The number of pyridine rings is 1.